The summed E-state index contributed by atoms with van der Waals surface area (Å²) in [6, 6.07) is 14.1. The molecule has 2 heterocycles. The van der Waals surface area contributed by atoms with Gasteiger partial charge in [0.25, 0.3) is 0 Å². The average Bonchev–Trinajstić information content (AvgIpc) is 3.25. The fraction of sp³-hybridized carbons (Fsp3) is 0.286. The first kappa shape index (κ1) is 16.5. The maximum absolute atomic E-state index is 12.6. The Labute approximate surface area is 152 Å². The van der Waals surface area contributed by atoms with Gasteiger partial charge in [-0.3, -0.25) is 4.79 Å². The van der Waals surface area contributed by atoms with Gasteiger partial charge < -0.3 is 19.8 Å². The summed E-state index contributed by atoms with van der Waals surface area (Å²) in [4.78, 5) is 15.9. The SMILES string of the molecule is CC(C)NC(=O)C[C@H](c1cccc2c1OCO2)c1c[nH]c2ccccc12. The zero-order chi connectivity index (χ0) is 18.1. The molecule has 5 heteroatoms. The molecule has 134 valence electrons. The molecule has 0 saturated carbocycles. The van der Waals surface area contributed by atoms with E-state index in [2.05, 4.69) is 16.4 Å². The number of aromatic nitrogens is 1. The molecule has 0 aliphatic carbocycles. The fourth-order valence-electron chi connectivity index (χ4n) is 3.56. The van der Waals surface area contributed by atoms with Crippen LogP contribution in [0.15, 0.2) is 48.7 Å². The quantitative estimate of drug-likeness (QED) is 0.732. The lowest BCUT2D eigenvalue weighted by atomic mass is 9.87. The van der Waals surface area contributed by atoms with Crippen molar-refractivity contribution in [2.24, 2.45) is 0 Å². The first-order valence-electron chi connectivity index (χ1n) is 8.87. The maximum Gasteiger partial charge on any atom is 0.231 e. The van der Waals surface area contributed by atoms with Gasteiger partial charge >= 0.3 is 0 Å². The molecule has 1 aromatic heterocycles. The first-order chi connectivity index (χ1) is 12.6. The van der Waals surface area contributed by atoms with Crippen molar-refractivity contribution in [3.8, 4) is 11.5 Å². The van der Waals surface area contributed by atoms with Gasteiger partial charge in [0.2, 0.25) is 12.7 Å². The van der Waals surface area contributed by atoms with Gasteiger partial charge in [-0.2, -0.15) is 0 Å². The molecule has 0 spiro atoms. The van der Waals surface area contributed by atoms with Gasteiger partial charge in [-0.25, -0.2) is 0 Å². The maximum atomic E-state index is 12.6. The summed E-state index contributed by atoms with van der Waals surface area (Å²) in [7, 11) is 0. The molecule has 2 N–H and O–H groups in total. The number of carbonyl (C=O) groups excluding carboxylic acids is 1. The molecular formula is C21H22N2O3. The molecule has 0 saturated heterocycles. The molecule has 1 atom stereocenters. The van der Waals surface area contributed by atoms with Crippen LogP contribution in [-0.2, 0) is 4.79 Å². The van der Waals surface area contributed by atoms with Gasteiger partial charge in [0.15, 0.2) is 11.5 Å². The van der Waals surface area contributed by atoms with Crippen molar-refractivity contribution in [2.45, 2.75) is 32.2 Å². The smallest absolute Gasteiger partial charge is 0.231 e. The van der Waals surface area contributed by atoms with Crippen molar-refractivity contribution in [1.29, 1.82) is 0 Å². The Morgan fingerprint density at radius 3 is 2.81 bits per heavy atom. The number of H-pyrrole nitrogens is 1. The summed E-state index contributed by atoms with van der Waals surface area (Å²) >= 11 is 0. The molecule has 1 aliphatic rings. The molecule has 4 rings (SSSR count). The molecule has 1 aliphatic heterocycles. The number of ether oxygens (including phenoxy) is 2. The van der Waals surface area contributed by atoms with Crippen molar-refractivity contribution < 1.29 is 14.3 Å². The van der Waals surface area contributed by atoms with E-state index in [-0.39, 0.29) is 24.7 Å². The standard InChI is InChI=1S/C21H22N2O3/c1-13(2)23-20(24)10-16(15-7-5-9-19-21(15)26-12-25-19)17-11-22-18-8-4-3-6-14(17)18/h3-9,11,13,16,22H,10,12H2,1-2H3,(H,23,24)/t16-/m1/s1. The van der Waals surface area contributed by atoms with Crippen molar-refractivity contribution in [1.82, 2.24) is 10.3 Å². The summed E-state index contributed by atoms with van der Waals surface area (Å²) < 4.78 is 11.3. The molecule has 1 amide bonds. The second-order valence-corrected chi connectivity index (χ2v) is 6.85. The number of aromatic amines is 1. The summed E-state index contributed by atoms with van der Waals surface area (Å²) in [5.41, 5.74) is 3.12. The minimum atomic E-state index is -0.124. The van der Waals surface area contributed by atoms with Gasteiger partial charge in [0, 0.05) is 41.0 Å². The second-order valence-electron chi connectivity index (χ2n) is 6.85. The van der Waals surface area contributed by atoms with Crippen molar-refractivity contribution in [2.75, 3.05) is 6.79 Å². The van der Waals surface area contributed by atoms with E-state index in [1.165, 1.54) is 0 Å². The molecule has 26 heavy (non-hydrogen) atoms. The number of nitrogens with one attached hydrogen (secondary N) is 2. The predicted molar refractivity (Wildman–Crippen MR) is 101 cm³/mol. The Morgan fingerprint density at radius 1 is 1.12 bits per heavy atom. The third-order valence-electron chi connectivity index (χ3n) is 4.64. The number of para-hydroxylation sites is 2. The number of amides is 1. The van der Waals surface area contributed by atoms with E-state index in [4.69, 9.17) is 9.47 Å². The van der Waals surface area contributed by atoms with Gasteiger partial charge in [0.05, 0.1) is 0 Å². The zero-order valence-corrected chi connectivity index (χ0v) is 14.9. The summed E-state index contributed by atoms with van der Waals surface area (Å²) in [5, 5.41) is 4.12. The number of rotatable bonds is 5. The van der Waals surface area contributed by atoms with Crippen LogP contribution in [0.5, 0.6) is 11.5 Å². The highest BCUT2D eigenvalue weighted by atomic mass is 16.7. The van der Waals surface area contributed by atoms with Crippen molar-refractivity contribution in [3.05, 3.63) is 59.8 Å². The van der Waals surface area contributed by atoms with Crippen LogP contribution in [0.1, 0.15) is 37.3 Å². The zero-order valence-electron chi connectivity index (χ0n) is 14.9. The molecule has 0 radical (unpaired) electrons. The average molecular weight is 350 g/mol. The number of fused-ring (bicyclic) bond motifs is 2. The summed E-state index contributed by atoms with van der Waals surface area (Å²) in [5.74, 6) is 1.37. The first-order valence-corrected chi connectivity index (χ1v) is 8.87. The molecule has 3 aromatic rings. The number of benzene rings is 2. The Morgan fingerprint density at radius 2 is 1.96 bits per heavy atom. The van der Waals surface area contributed by atoms with Crippen LogP contribution in [0, 0.1) is 0 Å². The van der Waals surface area contributed by atoms with Gasteiger partial charge in [-0.1, -0.05) is 30.3 Å². The van der Waals surface area contributed by atoms with E-state index in [0.29, 0.717) is 6.42 Å². The Balaban J connectivity index is 1.80. The van der Waals surface area contributed by atoms with Crippen LogP contribution < -0.4 is 14.8 Å². The largest absolute Gasteiger partial charge is 0.454 e. The third kappa shape index (κ3) is 3.01. The van der Waals surface area contributed by atoms with Crippen LogP contribution in [0.3, 0.4) is 0 Å². The Kier molecular flexibility index (Phi) is 4.29. The molecular weight excluding hydrogens is 328 g/mol. The van der Waals surface area contributed by atoms with E-state index in [1.54, 1.807) is 0 Å². The molecule has 2 aromatic carbocycles. The van der Waals surface area contributed by atoms with E-state index < -0.39 is 0 Å². The minimum absolute atomic E-state index is 0.0202. The van der Waals surface area contributed by atoms with Gasteiger partial charge in [0.1, 0.15) is 0 Å². The lowest BCUT2D eigenvalue weighted by Crippen LogP contribution is -2.31. The van der Waals surface area contributed by atoms with Crippen molar-refractivity contribution >= 4 is 16.8 Å². The molecule has 0 unspecified atom stereocenters. The topological polar surface area (TPSA) is 63.4 Å². The van der Waals surface area contributed by atoms with Crippen LogP contribution in [0.4, 0.5) is 0 Å². The normalized spacial score (nSPS) is 14.0. The van der Waals surface area contributed by atoms with Gasteiger partial charge in [-0.15, -0.1) is 0 Å². The van der Waals surface area contributed by atoms with Gasteiger partial charge in [-0.05, 0) is 31.5 Å². The lowest BCUT2D eigenvalue weighted by Gasteiger charge is -2.19. The predicted octanol–water partition coefficient (Wildman–Crippen LogP) is 3.94. The summed E-state index contributed by atoms with van der Waals surface area (Å²) in [6.07, 6.45) is 2.34. The highest BCUT2D eigenvalue weighted by molar-refractivity contribution is 5.86. The van der Waals surface area contributed by atoms with Crippen molar-refractivity contribution in [3.63, 3.8) is 0 Å². The number of carbonyl (C=O) groups is 1. The van der Waals surface area contributed by atoms with Crippen LogP contribution in [0.25, 0.3) is 10.9 Å². The van der Waals surface area contributed by atoms with E-state index >= 15 is 0 Å². The van der Waals surface area contributed by atoms with Crippen LogP contribution in [0.2, 0.25) is 0 Å². The highest BCUT2D eigenvalue weighted by Gasteiger charge is 2.28. The summed E-state index contributed by atoms with van der Waals surface area (Å²) in [6.45, 7) is 4.15. The number of hydrogen-bond donors (Lipinski definition) is 2. The second kappa shape index (κ2) is 6.75. The Hall–Kier alpha value is -2.95. The minimum Gasteiger partial charge on any atom is -0.454 e. The van der Waals surface area contributed by atoms with Crippen LogP contribution >= 0.6 is 0 Å². The van der Waals surface area contributed by atoms with E-state index in [9.17, 15) is 4.79 Å². The number of hydrogen-bond acceptors (Lipinski definition) is 3. The fourth-order valence-corrected chi connectivity index (χ4v) is 3.56. The highest BCUT2D eigenvalue weighted by Crippen LogP contribution is 2.44. The third-order valence-corrected chi connectivity index (χ3v) is 4.64. The lowest BCUT2D eigenvalue weighted by molar-refractivity contribution is -0.121. The van der Waals surface area contributed by atoms with E-state index in [0.717, 1.165) is 33.5 Å². The van der Waals surface area contributed by atoms with E-state index in [1.807, 2.05) is 56.4 Å². The Bertz CT molecular complexity index is 945. The monoisotopic (exact) mass is 350 g/mol. The molecule has 5 nitrogen and oxygen atoms in total. The van der Waals surface area contributed by atoms with Crippen LogP contribution in [-0.4, -0.2) is 23.7 Å². The molecule has 0 fully saturated rings. The molecule has 0 bridgehead atoms.